The first-order valence-corrected chi connectivity index (χ1v) is 10.6. The van der Waals surface area contributed by atoms with Gasteiger partial charge in [-0.05, 0) is 56.8 Å². The lowest BCUT2D eigenvalue weighted by Gasteiger charge is -2.36. The van der Waals surface area contributed by atoms with Crippen LogP contribution < -0.4 is 4.90 Å². The van der Waals surface area contributed by atoms with Gasteiger partial charge >= 0.3 is 0 Å². The fourth-order valence-corrected chi connectivity index (χ4v) is 4.67. The number of nitrogens with zero attached hydrogens (tertiary/aromatic N) is 3. The van der Waals surface area contributed by atoms with E-state index in [-0.39, 0.29) is 5.91 Å². The standard InChI is InChI=1S/C21H31N3OS/c1-17(2)24(18(3)25)11-5-4-10-22-12-14-23(15-13-22)20-7-6-8-21-19(20)9-16-26-21/h6-9,16-17H,4-5,10-15H2,1-3H3. The molecule has 142 valence electrons. The van der Waals surface area contributed by atoms with Crippen molar-refractivity contribution >= 4 is 33.0 Å². The summed E-state index contributed by atoms with van der Waals surface area (Å²) in [5.41, 5.74) is 1.39. The van der Waals surface area contributed by atoms with Gasteiger partial charge in [-0.3, -0.25) is 9.69 Å². The van der Waals surface area contributed by atoms with E-state index in [1.807, 2.05) is 16.2 Å². The van der Waals surface area contributed by atoms with Gasteiger partial charge in [-0.2, -0.15) is 0 Å². The third-order valence-electron chi connectivity index (χ3n) is 5.34. The molecule has 1 fully saturated rings. The van der Waals surface area contributed by atoms with E-state index in [0.717, 1.165) is 52.1 Å². The minimum atomic E-state index is 0.191. The van der Waals surface area contributed by atoms with Crippen molar-refractivity contribution in [3.8, 4) is 0 Å². The minimum Gasteiger partial charge on any atom is -0.368 e. The number of rotatable bonds is 7. The number of amides is 1. The zero-order valence-corrected chi connectivity index (χ0v) is 17.1. The lowest BCUT2D eigenvalue weighted by atomic mass is 10.1. The highest BCUT2D eigenvalue weighted by Gasteiger charge is 2.19. The lowest BCUT2D eigenvalue weighted by molar-refractivity contribution is -0.130. The monoisotopic (exact) mass is 373 g/mol. The van der Waals surface area contributed by atoms with Gasteiger partial charge in [0.15, 0.2) is 0 Å². The first-order chi connectivity index (χ1) is 12.6. The molecule has 26 heavy (non-hydrogen) atoms. The Morgan fingerprint density at radius 2 is 1.92 bits per heavy atom. The summed E-state index contributed by atoms with van der Waals surface area (Å²) < 4.78 is 1.38. The van der Waals surface area contributed by atoms with Gasteiger partial charge in [-0.25, -0.2) is 0 Å². The number of hydrogen-bond acceptors (Lipinski definition) is 4. The van der Waals surface area contributed by atoms with Crippen molar-refractivity contribution in [3.63, 3.8) is 0 Å². The van der Waals surface area contributed by atoms with E-state index in [2.05, 4.69) is 53.3 Å². The molecule has 0 saturated carbocycles. The molecular formula is C21H31N3OS. The van der Waals surface area contributed by atoms with Crippen LogP contribution in [0, 0.1) is 0 Å². The highest BCUT2D eigenvalue weighted by molar-refractivity contribution is 7.17. The predicted molar refractivity (Wildman–Crippen MR) is 112 cm³/mol. The number of carbonyl (C=O) groups is 1. The molecule has 5 heteroatoms. The van der Waals surface area contributed by atoms with Crippen LogP contribution in [0.3, 0.4) is 0 Å². The molecule has 2 heterocycles. The molecule has 2 aromatic rings. The van der Waals surface area contributed by atoms with E-state index in [0.29, 0.717) is 6.04 Å². The maximum atomic E-state index is 11.6. The molecule has 3 rings (SSSR count). The summed E-state index contributed by atoms with van der Waals surface area (Å²) in [6, 6.07) is 9.19. The van der Waals surface area contributed by atoms with Crippen LogP contribution in [0.1, 0.15) is 33.6 Å². The summed E-state index contributed by atoms with van der Waals surface area (Å²) in [6.07, 6.45) is 2.25. The number of anilines is 1. The second-order valence-electron chi connectivity index (χ2n) is 7.45. The summed E-state index contributed by atoms with van der Waals surface area (Å²) >= 11 is 1.82. The zero-order valence-electron chi connectivity index (χ0n) is 16.3. The Balaban J connectivity index is 1.43. The van der Waals surface area contributed by atoms with Crippen molar-refractivity contribution in [3.05, 3.63) is 29.6 Å². The van der Waals surface area contributed by atoms with Crippen molar-refractivity contribution in [2.24, 2.45) is 0 Å². The molecule has 0 bridgehead atoms. The van der Waals surface area contributed by atoms with Crippen molar-refractivity contribution < 1.29 is 4.79 Å². The predicted octanol–water partition coefficient (Wildman–Crippen LogP) is 4.06. The second kappa shape index (κ2) is 8.87. The molecule has 0 radical (unpaired) electrons. The topological polar surface area (TPSA) is 26.8 Å². The molecule has 0 spiro atoms. The Morgan fingerprint density at radius 1 is 1.15 bits per heavy atom. The molecular weight excluding hydrogens is 342 g/mol. The van der Waals surface area contributed by atoms with Crippen LogP contribution in [-0.2, 0) is 4.79 Å². The molecule has 1 aliphatic heterocycles. The van der Waals surface area contributed by atoms with Gasteiger partial charge in [-0.15, -0.1) is 11.3 Å². The second-order valence-corrected chi connectivity index (χ2v) is 8.40. The number of benzene rings is 1. The summed E-state index contributed by atoms with van der Waals surface area (Å²) in [4.78, 5) is 18.7. The maximum absolute atomic E-state index is 11.6. The summed E-state index contributed by atoms with van der Waals surface area (Å²) in [7, 11) is 0. The molecule has 0 unspecified atom stereocenters. The third kappa shape index (κ3) is 4.57. The molecule has 1 aromatic carbocycles. The third-order valence-corrected chi connectivity index (χ3v) is 6.22. The Kier molecular flexibility index (Phi) is 6.54. The van der Waals surface area contributed by atoms with Crippen molar-refractivity contribution in [2.45, 2.75) is 39.7 Å². The van der Waals surface area contributed by atoms with Crippen molar-refractivity contribution in [2.75, 3.05) is 44.2 Å². The van der Waals surface area contributed by atoms with Gasteiger partial charge in [0.05, 0.1) is 0 Å². The van der Waals surface area contributed by atoms with E-state index in [1.165, 1.54) is 15.8 Å². The van der Waals surface area contributed by atoms with Crippen LogP contribution in [-0.4, -0.2) is 61.0 Å². The highest BCUT2D eigenvalue weighted by atomic mass is 32.1. The van der Waals surface area contributed by atoms with Gasteiger partial charge in [0.1, 0.15) is 0 Å². The van der Waals surface area contributed by atoms with E-state index in [9.17, 15) is 4.79 Å². The van der Waals surface area contributed by atoms with Gasteiger partial charge in [0.2, 0.25) is 5.91 Å². The van der Waals surface area contributed by atoms with Gasteiger partial charge in [-0.1, -0.05) is 6.07 Å². The number of piperazine rings is 1. The number of thiophene rings is 1. The minimum absolute atomic E-state index is 0.191. The molecule has 4 nitrogen and oxygen atoms in total. The van der Waals surface area contributed by atoms with E-state index in [4.69, 9.17) is 0 Å². The zero-order chi connectivity index (χ0) is 18.5. The lowest BCUT2D eigenvalue weighted by Crippen LogP contribution is -2.46. The Labute approximate surface area is 161 Å². The average Bonchev–Trinajstić information content (AvgIpc) is 3.10. The quantitative estimate of drug-likeness (QED) is 0.685. The molecule has 0 atom stereocenters. The maximum Gasteiger partial charge on any atom is 0.219 e. The average molecular weight is 374 g/mol. The van der Waals surface area contributed by atoms with Crippen LogP contribution in [0.15, 0.2) is 29.6 Å². The highest BCUT2D eigenvalue weighted by Crippen LogP contribution is 2.31. The Morgan fingerprint density at radius 3 is 2.62 bits per heavy atom. The largest absolute Gasteiger partial charge is 0.368 e. The fourth-order valence-electron chi connectivity index (χ4n) is 3.86. The number of hydrogen-bond donors (Lipinski definition) is 0. The first kappa shape index (κ1) is 19.2. The molecule has 1 amide bonds. The van der Waals surface area contributed by atoms with Crippen LogP contribution in [0.4, 0.5) is 5.69 Å². The van der Waals surface area contributed by atoms with E-state index in [1.54, 1.807) is 6.92 Å². The van der Waals surface area contributed by atoms with E-state index >= 15 is 0 Å². The Bertz CT molecular complexity index is 719. The van der Waals surface area contributed by atoms with Crippen LogP contribution in [0.5, 0.6) is 0 Å². The first-order valence-electron chi connectivity index (χ1n) is 9.77. The van der Waals surface area contributed by atoms with Crippen molar-refractivity contribution in [1.82, 2.24) is 9.80 Å². The van der Waals surface area contributed by atoms with Crippen molar-refractivity contribution in [1.29, 1.82) is 0 Å². The molecule has 1 aromatic heterocycles. The van der Waals surface area contributed by atoms with Gasteiger partial charge in [0.25, 0.3) is 0 Å². The van der Waals surface area contributed by atoms with Crippen LogP contribution in [0.2, 0.25) is 0 Å². The number of fused-ring (bicyclic) bond motifs is 1. The Hall–Kier alpha value is -1.59. The summed E-state index contributed by atoms with van der Waals surface area (Å²) in [6.45, 7) is 12.3. The molecule has 1 saturated heterocycles. The van der Waals surface area contributed by atoms with Gasteiger partial charge in [0, 0.05) is 61.5 Å². The fraction of sp³-hybridized carbons (Fsp3) is 0.571. The van der Waals surface area contributed by atoms with Crippen LogP contribution >= 0.6 is 11.3 Å². The SMILES string of the molecule is CC(=O)N(CCCCN1CCN(c2cccc3sccc23)CC1)C(C)C. The number of carbonyl (C=O) groups excluding carboxylic acids is 1. The van der Waals surface area contributed by atoms with Crippen LogP contribution in [0.25, 0.3) is 10.1 Å². The normalized spacial score (nSPS) is 15.8. The molecule has 1 aliphatic rings. The summed E-state index contributed by atoms with van der Waals surface area (Å²) in [5, 5.41) is 3.58. The van der Waals surface area contributed by atoms with Gasteiger partial charge < -0.3 is 9.80 Å². The smallest absolute Gasteiger partial charge is 0.219 e. The van der Waals surface area contributed by atoms with E-state index < -0.39 is 0 Å². The molecule has 0 aliphatic carbocycles. The molecule has 0 N–H and O–H groups in total. The number of unbranched alkanes of at least 4 members (excludes halogenated alkanes) is 1. The summed E-state index contributed by atoms with van der Waals surface area (Å²) in [5.74, 6) is 0.191.